The summed E-state index contributed by atoms with van der Waals surface area (Å²) in [6.45, 7) is 5.99. The Hall–Kier alpha value is -2.74. The van der Waals surface area contributed by atoms with Crippen LogP contribution >= 0.6 is 11.3 Å². The molecule has 8 heteroatoms. The van der Waals surface area contributed by atoms with Crippen LogP contribution in [0.5, 0.6) is 0 Å². The Morgan fingerprint density at radius 2 is 2.14 bits per heavy atom. The second kappa shape index (κ2) is 8.32. The highest BCUT2D eigenvalue weighted by molar-refractivity contribution is 7.20. The lowest BCUT2D eigenvalue weighted by Gasteiger charge is -2.31. The van der Waals surface area contributed by atoms with Crippen molar-refractivity contribution in [2.24, 2.45) is 5.92 Å². The van der Waals surface area contributed by atoms with Gasteiger partial charge in [0, 0.05) is 31.4 Å². The van der Waals surface area contributed by atoms with Gasteiger partial charge in [0.15, 0.2) is 0 Å². The highest BCUT2D eigenvalue weighted by Gasteiger charge is 2.28. The first-order valence-corrected chi connectivity index (χ1v) is 10.8. The van der Waals surface area contributed by atoms with Gasteiger partial charge in [-0.3, -0.25) is 9.59 Å². The van der Waals surface area contributed by atoms with Gasteiger partial charge in [0.1, 0.15) is 0 Å². The number of hydrogen-bond donors (Lipinski definition) is 1. The van der Waals surface area contributed by atoms with Gasteiger partial charge in [-0.2, -0.15) is 4.52 Å². The minimum absolute atomic E-state index is 0.0786. The van der Waals surface area contributed by atoms with Gasteiger partial charge in [0.25, 0.3) is 5.56 Å². The molecule has 2 aromatic heterocycles. The van der Waals surface area contributed by atoms with E-state index in [2.05, 4.69) is 39.4 Å². The average molecular weight is 412 g/mol. The molecule has 1 aliphatic rings. The predicted molar refractivity (Wildman–Crippen MR) is 115 cm³/mol. The third-order valence-electron chi connectivity index (χ3n) is 5.38. The number of anilines is 1. The van der Waals surface area contributed by atoms with Gasteiger partial charge in [-0.05, 0) is 31.2 Å². The number of nitrogens with one attached hydrogen (secondary N) is 1. The Labute approximate surface area is 173 Å². The van der Waals surface area contributed by atoms with Crippen LogP contribution in [0.3, 0.4) is 0 Å². The van der Waals surface area contributed by atoms with Crippen molar-refractivity contribution >= 4 is 27.3 Å². The van der Waals surface area contributed by atoms with Crippen LogP contribution in [0.2, 0.25) is 0 Å². The summed E-state index contributed by atoms with van der Waals surface area (Å²) in [6, 6.07) is 11.7. The van der Waals surface area contributed by atoms with E-state index in [0.29, 0.717) is 23.7 Å². The first-order chi connectivity index (χ1) is 14.0. The molecule has 0 saturated carbocycles. The minimum Gasteiger partial charge on any atom is -0.355 e. The number of carbonyl (C=O) groups excluding carboxylic acids is 1. The van der Waals surface area contributed by atoms with Crippen LogP contribution in [0, 0.1) is 12.8 Å². The molecule has 152 valence electrons. The number of fused-ring (bicyclic) bond motifs is 1. The molecular weight excluding hydrogens is 386 g/mol. The second-order valence-electron chi connectivity index (χ2n) is 7.66. The smallest absolute Gasteiger partial charge is 0.275 e. The topological polar surface area (TPSA) is 79.6 Å². The molecule has 1 aliphatic heterocycles. The summed E-state index contributed by atoms with van der Waals surface area (Å²) in [6.07, 6.45) is 1.79. The molecular formula is C21H25N5O2S. The Morgan fingerprint density at radius 3 is 2.93 bits per heavy atom. The molecule has 0 aliphatic carbocycles. The lowest BCUT2D eigenvalue weighted by molar-refractivity contribution is -0.125. The van der Waals surface area contributed by atoms with Crippen molar-refractivity contribution < 1.29 is 4.79 Å². The number of piperidine rings is 1. The highest BCUT2D eigenvalue weighted by Crippen LogP contribution is 2.27. The molecule has 7 nitrogen and oxygen atoms in total. The number of rotatable bonds is 5. The maximum absolute atomic E-state index is 12.8. The molecule has 3 aromatic rings. The second-order valence-corrected chi connectivity index (χ2v) is 8.59. The van der Waals surface area contributed by atoms with Crippen LogP contribution in [-0.4, -0.2) is 40.1 Å². The van der Waals surface area contributed by atoms with Gasteiger partial charge >= 0.3 is 0 Å². The van der Waals surface area contributed by atoms with Crippen LogP contribution in [0.4, 0.5) is 5.13 Å². The van der Waals surface area contributed by atoms with Gasteiger partial charge < -0.3 is 10.2 Å². The van der Waals surface area contributed by atoms with Crippen molar-refractivity contribution in [3.63, 3.8) is 0 Å². The fourth-order valence-electron chi connectivity index (χ4n) is 3.70. The van der Waals surface area contributed by atoms with Gasteiger partial charge in [-0.25, -0.2) is 4.98 Å². The zero-order chi connectivity index (χ0) is 20.4. The van der Waals surface area contributed by atoms with Gasteiger partial charge in [-0.15, -0.1) is 5.10 Å². The molecule has 1 amide bonds. The van der Waals surface area contributed by atoms with E-state index in [9.17, 15) is 9.59 Å². The number of aryl methyl sites for hydroxylation is 1. The molecule has 0 spiro atoms. The van der Waals surface area contributed by atoms with E-state index >= 15 is 0 Å². The van der Waals surface area contributed by atoms with Crippen LogP contribution < -0.4 is 15.8 Å². The van der Waals surface area contributed by atoms with Crippen LogP contribution in [0.25, 0.3) is 4.96 Å². The summed E-state index contributed by atoms with van der Waals surface area (Å²) in [5.41, 5.74) is 1.74. The van der Waals surface area contributed by atoms with Gasteiger partial charge in [0.2, 0.25) is 16.0 Å². The van der Waals surface area contributed by atoms with E-state index in [1.165, 1.54) is 27.5 Å². The normalized spacial score (nSPS) is 18.0. The number of benzene rings is 1. The summed E-state index contributed by atoms with van der Waals surface area (Å²) in [7, 11) is 0. The van der Waals surface area contributed by atoms with E-state index < -0.39 is 0 Å². The number of carbonyl (C=O) groups is 1. The standard InChI is InChI=1S/C21H25N5O2S/c1-14(16-7-4-3-5-8-16)12-22-19(28)17-9-6-10-25(13-17)21-24-26-18(27)11-15(2)23-20(26)29-21/h3-5,7-8,11,14,17H,6,9-10,12-13H2,1-2H3,(H,22,28)/t14-,17-/m1/s1. The zero-order valence-corrected chi connectivity index (χ0v) is 17.5. The van der Waals surface area contributed by atoms with Gasteiger partial charge in [0.05, 0.1) is 5.92 Å². The Balaban J connectivity index is 1.41. The van der Waals surface area contributed by atoms with Crippen LogP contribution in [0.15, 0.2) is 41.2 Å². The van der Waals surface area contributed by atoms with Crippen molar-refractivity contribution in [1.29, 1.82) is 0 Å². The number of hydrogen-bond acceptors (Lipinski definition) is 6. The van der Waals surface area contributed by atoms with Gasteiger partial charge in [-0.1, -0.05) is 48.6 Å². The SMILES string of the molecule is Cc1cc(=O)n2nc(N3CCC[C@@H](C(=O)NC[C@@H](C)c4ccccc4)C3)sc2n1. The third-order valence-corrected chi connectivity index (χ3v) is 6.35. The molecule has 1 aromatic carbocycles. The summed E-state index contributed by atoms with van der Waals surface area (Å²) in [5.74, 6) is 0.278. The van der Waals surface area contributed by atoms with E-state index in [4.69, 9.17) is 0 Å². The van der Waals surface area contributed by atoms with Crippen LogP contribution in [0.1, 0.15) is 36.9 Å². The summed E-state index contributed by atoms with van der Waals surface area (Å²) in [5, 5.41) is 8.30. The van der Waals surface area contributed by atoms with Crippen molar-refractivity contribution in [1.82, 2.24) is 19.9 Å². The molecule has 0 unspecified atom stereocenters. The molecule has 0 radical (unpaired) electrons. The Morgan fingerprint density at radius 1 is 1.34 bits per heavy atom. The molecule has 2 atom stereocenters. The fraction of sp³-hybridized carbons (Fsp3) is 0.429. The van der Waals surface area contributed by atoms with E-state index in [0.717, 1.165) is 24.5 Å². The Kier molecular flexibility index (Phi) is 5.62. The van der Waals surface area contributed by atoms with Crippen molar-refractivity contribution in [3.8, 4) is 0 Å². The molecule has 1 N–H and O–H groups in total. The molecule has 0 bridgehead atoms. The Bertz CT molecular complexity index is 1060. The molecule has 29 heavy (non-hydrogen) atoms. The average Bonchev–Trinajstić information content (AvgIpc) is 3.17. The zero-order valence-electron chi connectivity index (χ0n) is 16.7. The minimum atomic E-state index is -0.170. The quantitative estimate of drug-likeness (QED) is 0.698. The predicted octanol–water partition coefficient (Wildman–Crippen LogP) is 2.60. The largest absolute Gasteiger partial charge is 0.355 e. The van der Waals surface area contributed by atoms with Crippen molar-refractivity contribution in [2.45, 2.75) is 32.6 Å². The lowest BCUT2D eigenvalue weighted by atomic mass is 9.96. The number of amides is 1. The lowest BCUT2D eigenvalue weighted by Crippen LogP contribution is -2.43. The number of aromatic nitrogens is 3. The summed E-state index contributed by atoms with van der Waals surface area (Å²) < 4.78 is 1.35. The van der Waals surface area contributed by atoms with Crippen molar-refractivity contribution in [3.05, 3.63) is 58.0 Å². The van der Waals surface area contributed by atoms with E-state index in [1.807, 2.05) is 18.2 Å². The third kappa shape index (κ3) is 4.32. The van der Waals surface area contributed by atoms with E-state index in [-0.39, 0.29) is 23.3 Å². The van der Waals surface area contributed by atoms with Crippen LogP contribution in [-0.2, 0) is 4.79 Å². The monoisotopic (exact) mass is 411 g/mol. The first kappa shape index (κ1) is 19.6. The molecule has 4 rings (SSSR count). The number of nitrogens with zero attached hydrogens (tertiary/aromatic N) is 4. The summed E-state index contributed by atoms with van der Waals surface area (Å²) >= 11 is 1.40. The fourth-order valence-corrected chi connectivity index (χ4v) is 4.69. The summed E-state index contributed by atoms with van der Waals surface area (Å²) in [4.78, 5) is 32.0. The highest BCUT2D eigenvalue weighted by atomic mass is 32.1. The molecule has 3 heterocycles. The van der Waals surface area contributed by atoms with E-state index in [1.54, 1.807) is 6.92 Å². The molecule has 1 fully saturated rings. The molecule has 1 saturated heterocycles. The maximum Gasteiger partial charge on any atom is 0.275 e. The maximum atomic E-state index is 12.8. The van der Waals surface area contributed by atoms with Crippen molar-refractivity contribution in [2.75, 3.05) is 24.5 Å². The first-order valence-electron chi connectivity index (χ1n) is 9.96.